The highest BCUT2D eigenvalue weighted by atomic mass is 16.6. The summed E-state index contributed by atoms with van der Waals surface area (Å²) in [6.07, 6.45) is -2.36. The van der Waals surface area contributed by atoms with Gasteiger partial charge in [0.05, 0.1) is 0 Å². The first kappa shape index (κ1) is 28.7. The normalized spacial score (nSPS) is 14.6. The SMILES string of the molecule is O=C(O)CCC(NC(=O)NC(COC(=O)N1CCN(C(=O)OCc2ccccc2)CC1)C(=O)O)C(=O)O. The summed E-state index contributed by atoms with van der Waals surface area (Å²) in [5.74, 6) is -4.32. The fraction of sp³-hybridized carbons (Fsp3) is 0.455. The van der Waals surface area contributed by atoms with Crippen molar-refractivity contribution in [1.29, 1.82) is 0 Å². The summed E-state index contributed by atoms with van der Waals surface area (Å²) in [6, 6.07) is 4.65. The Morgan fingerprint density at radius 1 is 0.784 bits per heavy atom. The molecule has 0 bridgehead atoms. The first-order chi connectivity index (χ1) is 17.6. The van der Waals surface area contributed by atoms with Gasteiger partial charge in [-0.05, 0) is 12.0 Å². The molecule has 1 aromatic carbocycles. The summed E-state index contributed by atoms with van der Waals surface area (Å²) < 4.78 is 10.2. The second-order valence-electron chi connectivity index (χ2n) is 7.92. The van der Waals surface area contributed by atoms with Crippen LogP contribution in [-0.4, -0.2) is 106 Å². The van der Waals surface area contributed by atoms with Crippen molar-refractivity contribution >= 4 is 36.1 Å². The van der Waals surface area contributed by atoms with E-state index in [4.69, 9.17) is 19.7 Å². The number of benzene rings is 1. The molecule has 0 aromatic heterocycles. The molecule has 1 aromatic rings. The van der Waals surface area contributed by atoms with Crippen molar-refractivity contribution in [2.45, 2.75) is 31.5 Å². The number of carboxylic acid groups (broad SMARTS) is 3. The number of carbonyl (C=O) groups is 6. The number of rotatable bonds is 11. The number of nitrogens with one attached hydrogen (secondary N) is 2. The number of amides is 4. The molecule has 5 N–H and O–H groups in total. The van der Waals surface area contributed by atoms with E-state index in [1.807, 2.05) is 41.0 Å². The lowest BCUT2D eigenvalue weighted by molar-refractivity contribution is -0.141. The largest absolute Gasteiger partial charge is 0.481 e. The average molecular weight is 524 g/mol. The maximum absolute atomic E-state index is 12.3. The van der Waals surface area contributed by atoms with Gasteiger partial charge in [0.1, 0.15) is 19.3 Å². The number of ether oxygens (including phenoxy) is 2. The highest BCUT2D eigenvalue weighted by Crippen LogP contribution is 2.08. The van der Waals surface area contributed by atoms with Crippen LogP contribution >= 0.6 is 0 Å². The Kier molecular flexibility index (Phi) is 10.9. The molecule has 37 heavy (non-hydrogen) atoms. The van der Waals surface area contributed by atoms with Crippen LogP contribution in [0, 0.1) is 0 Å². The molecule has 1 heterocycles. The van der Waals surface area contributed by atoms with Gasteiger partial charge >= 0.3 is 36.1 Å². The van der Waals surface area contributed by atoms with Gasteiger partial charge in [-0.15, -0.1) is 0 Å². The first-order valence-electron chi connectivity index (χ1n) is 11.2. The van der Waals surface area contributed by atoms with Gasteiger partial charge in [-0.2, -0.15) is 0 Å². The van der Waals surface area contributed by atoms with Crippen LogP contribution in [0.25, 0.3) is 0 Å². The standard InChI is InChI=1S/C22H28N4O11/c27-17(28)7-6-15(18(29)30)23-20(33)24-16(19(31)32)13-37-22(35)26-10-8-25(9-11-26)21(34)36-12-14-4-2-1-3-5-14/h1-5,15-16H,6-13H2,(H,27,28)(H,29,30)(H,31,32)(H2,23,24,33). The summed E-state index contributed by atoms with van der Waals surface area (Å²) in [5, 5.41) is 31.0. The van der Waals surface area contributed by atoms with Crippen molar-refractivity contribution in [3.8, 4) is 0 Å². The average Bonchev–Trinajstić information content (AvgIpc) is 2.87. The molecular formula is C22H28N4O11. The Morgan fingerprint density at radius 3 is 1.81 bits per heavy atom. The van der Waals surface area contributed by atoms with Gasteiger partial charge in [0.25, 0.3) is 0 Å². The number of carboxylic acids is 3. The molecule has 1 saturated heterocycles. The number of hydrogen-bond donors (Lipinski definition) is 5. The molecule has 1 aliphatic heterocycles. The highest BCUT2D eigenvalue weighted by Gasteiger charge is 2.29. The number of hydrogen-bond acceptors (Lipinski definition) is 8. The van der Waals surface area contributed by atoms with E-state index < -0.39 is 67.7 Å². The fourth-order valence-corrected chi connectivity index (χ4v) is 3.19. The second-order valence-corrected chi connectivity index (χ2v) is 7.92. The van der Waals surface area contributed by atoms with Crippen molar-refractivity contribution in [3.63, 3.8) is 0 Å². The van der Waals surface area contributed by atoms with Gasteiger partial charge in [0, 0.05) is 32.6 Å². The highest BCUT2D eigenvalue weighted by molar-refractivity contribution is 5.86. The zero-order valence-corrected chi connectivity index (χ0v) is 19.7. The molecule has 1 fully saturated rings. The van der Waals surface area contributed by atoms with Gasteiger partial charge in [0.15, 0.2) is 6.04 Å². The summed E-state index contributed by atoms with van der Waals surface area (Å²) in [7, 11) is 0. The maximum Gasteiger partial charge on any atom is 0.410 e. The Hall–Kier alpha value is -4.56. The third-order valence-electron chi connectivity index (χ3n) is 5.23. The van der Waals surface area contributed by atoms with Crippen LogP contribution in [0.4, 0.5) is 14.4 Å². The van der Waals surface area contributed by atoms with Crippen LogP contribution in [0.15, 0.2) is 30.3 Å². The maximum atomic E-state index is 12.3. The van der Waals surface area contributed by atoms with Crippen LogP contribution in [-0.2, 0) is 30.5 Å². The quantitative estimate of drug-likeness (QED) is 0.263. The molecule has 2 atom stereocenters. The van der Waals surface area contributed by atoms with Gasteiger partial charge in [-0.3, -0.25) is 4.79 Å². The molecule has 0 spiro atoms. The number of urea groups is 1. The minimum absolute atomic E-state index is 0.103. The van der Waals surface area contributed by atoms with Gasteiger partial charge < -0.3 is 45.2 Å². The lowest BCUT2D eigenvalue weighted by Crippen LogP contribution is -2.54. The molecule has 2 unspecified atom stereocenters. The molecule has 2 rings (SSSR count). The second kappa shape index (κ2) is 14.1. The van der Waals surface area contributed by atoms with E-state index in [0.29, 0.717) is 0 Å². The molecule has 0 aliphatic carbocycles. The summed E-state index contributed by atoms with van der Waals surface area (Å²) in [6.45, 7) is -0.111. The number of carbonyl (C=O) groups excluding carboxylic acids is 3. The fourth-order valence-electron chi connectivity index (χ4n) is 3.19. The lowest BCUT2D eigenvalue weighted by Gasteiger charge is -2.33. The summed E-state index contributed by atoms with van der Waals surface area (Å²) in [5.41, 5.74) is 0.826. The van der Waals surface area contributed by atoms with Crippen molar-refractivity contribution in [1.82, 2.24) is 20.4 Å². The van der Waals surface area contributed by atoms with Gasteiger partial charge in [-0.25, -0.2) is 24.0 Å². The third kappa shape index (κ3) is 9.91. The summed E-state index contributed by atoms with van der Waals surface area (Å²) >= 11 is 0. The minimum atomic E-state index is -1.70. The first-order valence-corrected chi connectivity index (χ1v) is 11.2. The van der Waals surface area contributed by atoms with E-state index in [1.165, 1.54) is 9.80 Å². The predicted molar refractivity (Wildman–Crippen MR) is 123 cm³/mol. The third-order valence-corrected chi connectivity index (χ3v) is 5.23. The van der Waals surface area contributed by atoms with E-state index in [-0.39, 0.29) is 32.8 Å². The van der Waals surface area contributed by atoms with E-state index in [9.17, 15) is 33.9 Å². The topological polar surface area (TPSA) is 212 Å². The summed E-state index contributed by atoms with van der Waals surface area (Å²) in [4.78, 5) is 72.5. The molecule has 0 radical (unpaired) electrons. The van der Waals surface area contributed by atoms with Crippen LogP contribution < -0.4 is 10.6 Å². The Labute approximate surface area is 210 Å². The number of aliphatic carboxylic acids is 3. The smallest absolute Gasteiger partial charge is 0.410 e. The molecule has 4 amide bonds. The van der Waals surface area contributed by atoms with Crippen molar-refractivity contribution in [2.24, 2.45) is 0 Å². The van der Waals surface area contributed by atoms with E-state index >= 15 is 0 Å². The molecule has 15 heteroatoms. The van der Waals surface area contributed by atoms with Gasteiger partial charge in [-0.1, -0.05) is 30.3 Å². The zero-order chi connectivity index (χ0) is 27.4. The number of nitrogens with zero attached hydrogens (tertiary/aromatic N) is 2. The molecule has 1 aliphatic rings. The van der Waals surface area contributed by atoms with Crippen LogP contribution in [0.5, 0.6) is 0 Å². The Balaban J connectivity index is 1.76. The molecular weight excluding hydrogens is 496 g/mol. The van der Waals surface area contributed by atoms with Crippen molar-refractivity contribution in [2.75, 3.05) is 32.8 Å². The van der Waals surface area contributed by atoms with E-state index in [2.05, 4.69) is 0 Å². The minimum Gasteiger partial charge on any atom is -0.481 e. The molecule has 0 saturated carbocycles. The van der Waals surface area contributed by atoms with Gasteiger partial charge in [0.2, 0.25) is 0 Å². The monoisotopic (exact) mass is 524 g/mol. The molecule has 202 valence electrons. The lowest BCUT2D eigenvalue weighted by atomic mass is 10.1. The van der Waals surface area contributed by atoms with Crippen molar-refractivity contribution < 1.29 is 53.6 Å². The Bertz CT molecular complexity index is 980. The van der Waals surface area contributed by atoms with Crippen molar-refractivity contribution in [3.05, 3.63) is 35.9 Å². The molecule has 15 nitrogen and oxygen atoms in total. The zero-order valence-electron chi connectivity index (χ0n) is 19.7. The van der Waals surface area contributed by atoms with Crippen LogP contribution in [0.3, 0.4) is 0 Å². The van der Waals surface area contributed by atoms with E-state index in [1.54, 1.807) is 0 Å². The van der Waals surface area contributed by atoms with Crippen LogP contribution in [0.2, 0.25) is 0 Å². The van der Waals surface area contributed by atoms with E-state index in [0.717, 1.165) is 5.56 Å². The predicted octanol–water partition coefficient (Wildman–Crippen LogP) is 0.148. The van der Waals surface area contributed by atoms with Crippen LogP contribution in [0.1, 0.15) is 18.4 Å². The Morgan fingerprint density at radius 2 is 1.30 bits per heavy atom. The number of piperazine rings is 1.